The smallest absolute Gasteiger partial charge is 0.259 e. The third kappa shape index (κ3) is 1.75. The third-order valence-corrected chi connectivity index (χ3v) is 3.32. The zero-order valence-electron chi connectivity index (χ0n) is 8.86. The second-order valence-electron chi connectivity index (χ2n) is 3.45. The Morgan fingerprint density at radius 3 is 2.73 bits per heavy atom. The van der Waals surface area contributed by atoms with Crippen LogP contribution in [0.2, 0.25) is 0 Å². The van der Waals surface area contributed by atoms with Crippen molar-refractivity contribution >= 4 is 11.3 Å². The van der Waals surface area contributed by atoms with Gasteiger partial charge in [0.1, 0.15) is 5.00 Å². The maximum Gasteiger partial charge on any atom is 0.259 e. The van der Waals surface area contributed by atoms with Crippen molar-refractivity contribution in [1.82, 2.24) is 4.57 Å². The molecule has 0 aromatic carbocycles. The molecule has 0 saturated carbocycles. The molecule has 0 aliphatic carbocycles. The Balaban J connectivity index is 2.70. The molecule has 0 unspecified atom stereocenters. The van der Waals surface area contributed by atoms with Crippen molar-refractivity contribution in [3.05, 3.63) is 51.3 Å². The van der Waals surface area contributed by atoms with Crippen molar-refractivity contribution in [1.29, 1.82) is 0 Å². The van der Waals surface area contributed by atoms with E-state index in [2.05, 4.69) is 0 Å². The quantitative estimate of drug-likeness (QED) is 0.761. The van der Waals surface area contributed by atoms with Crippen LogP contribution in [0.1, 0.15) is 18.2 Å². The summed E-state index contributed by atoms with van der Waals surface area (Å²) in [6.07, 6.45) is 0.782. The Labute approximate surface area is 92.8 Å². The number of hydrogen-bond acceptors (Lipinski definition) is 2. The van der Waals surface area contributed by atoms with E-state index in [0.29, 0.717) is 0 Å². The highest BCUT2D eigenvalue weighted by Gasteiger charge is 2.07. The standard InChI is InChI=1S/C12H13NOS/c1-3-10-7-6-9(2)13(12(10)14)11-5-4-8-15-11/h4-8H,3H2,1-2H3. The van der Waals surface area contributed by atoms with Gasteiger partial charge in [-0.2, -0.15) is 0 Å². The van der Waals surface area contributed by atoms with Crippen molar-refractivity contribution in [2.45, 2.75) is 20.3 Å². The van der Waals surface area contributed by atoms with Crippen LogP contribution in [0.15, 0.2) is 34.4 Å². The van der Waals surface area contributed by atoms with E-state index in [0.717, 1.165) is 22.7 Å². The molecule has 2 aromatic heterocycles. The van der Waals surface area contributed by atoms with E-state index in [9.17, 15) is 4.79 Å². The highest BCUT2D eigenvalue weighted by atomic mass is 32.1. The van der Waals surface area contributed by atoms with Gasteiger partial charge in [-0.15, -0.1) is 11.3 Å². The summed E-state index contributed by atoms with van der Waals surface area (Å²) in [5, 5.41) is 2.98. The maximum absolute atomic E-state index is 12.1. The summed E-state index contributed by atoms with van der Waals surface area (Å²) >= 11 is 1.59. The van der Waals surface area contributed by atoms with Gasteiger partial charge in [-0.1, -0.05) is 13.0 Å². The Hall–Kier alpha value is -1.35. The van der Waals surface area contributed by atoms with Gasteiger partial charge < -0.3 is 0 Å². The molecule has 0 aliphatic rings. The Morgan fingerprint density at radius 2 is 2.13 bits per heavy atom. The van der Waals surface area contributed by atoms with Crippen molar-refractivity contribution in [2.75, 3.05) is 0 Å². The SMILES string of the molecule is CCc1ccc(C)n(-c2cccs2)c1=O. The summed E-state index contributed by atoms with van der Waals surface area (Å²) in [5.74, 6) is 0. The normalized spacial score (nSPS) is 10.5. The van der Waals surface area contributed by atoms with Crippen LogP contribution in [-0.4, -0.2) is 4.57 Å². The number of thiophene rings is 1. The molecular weight excluding hydrogens is 206 g/mol. The van der Waals surface area contributed by atoms with Crippen LogP contribution < -0.4 is 5.56 Å². The van der Waals surface area contributed by atoms with E-state index >= 15 is 0 Å². The van der Waals surface area contributed by atoms with Crippen molar-refractivity contribution < 1.29 is 0 Å². The first kappa shape index (κ1) is 10.2. The van der Waals surface area contributed by atoms with Gasteiger partial charge >= 0.3 is 0 Å². The lowest BCUT2D eigenvalue weighted by molar-refractivity contribution is 0.912. The molecule has 2 nitrogen and oxygen atoms in total. The Kier molecular flexibility index (Phi) is 2.73. The highest BCUT2D eigenvalue weighted by Crippen LogP contribution is 2.15. The second-order valence-corrected chi connectivity index (χ2v) is 4.37. The summed E-state index contributed by atoms with van der Waals surface area (Å²) in [6.45, 7) is 3.96. The van der Waals surface area contributed by atoms with Crippen molar-refractivity contribution in [3.63, 3.8) is 0 Å². The van der Waals surface area contributed by atoms with Crippen LogP contribution in [-0.2, 0) is 6.42 Å². The van der Waals surface area contributed by atoms with Gasteiger partial charge in [0.05, 0.1) is 0 Å². The molecule has 0 saturated heterocycles. The number of nitrogens with zero attached hydrogens (tertiary/aromatic N) is 1. The number of aromatic nitrogens is 1. The minimum absolute atomic E-state index is 0.111. The first-order valence-corrected chi connectivity index (χ1v) is 5.87. The van der Waals surface area contributed by atoms with E-state index in [-0.39, 0.29) is 5.56 Å². The van der Waals surface area contributed by atoms with Crippen LogP contribution >= 0.6 is 11.3 Å². The molecule has 2 aromatic rings. The minimum Gasteiger partial charge on any atom is -0.272 e. The van der Waals surface area contributed by atoms with E-state index in [1.807, 2.05) is 43.5 Å². The average molecular weight is 219 g/mol. The molecule has 0 aliphatic heterocycles. The molecule has 2 rings (SSSR count). The zero-order valence-corrected chi connectivity index (χ0v) is 9.67. The van der Waals surface area contributed by atoms with Crippen LogP contribution in [0.5, 0.6) is 0 Å². The average Bonchev–Trinajstić information content (AvgIpc) is 2.71. The molecule has 0 amide bonds. The molecular formula is C12H13NOS. The fraction of sp³-hybridized carbons (Fsp3) is 0.250. The van der Waals surface area contributed by atoms with Crippen LogP contribution in [0.25, 0.3) is 5.00 Å². The number of hydrogen-bond donors (Lipinski definition) is 0. The fourth-order valence-corrected chi connectivity index (χ4v) is 2.40. The number of aryl methyl sites for hydroxylation is 2. The van der Waals surface area contributed by atoms with Crippen LogP contribution in [0.4, 0.5) is 0 Å². The summed E-state index contributed by atoms with van der Waals surface area (Å²) < 4.78 is 1.78. The van der Waals surface area contributed by atoms with E-state index in [1.165, 1.54) is 0 Å². The summed E-state index contributed by atoms with van der Waals surface area (Å²) in [7, 11) is 0. The number of pyridine rings is 1. The molecule has 2 heterocycles. The molecule has 0 radical (unpaired) electrons. The maximum atomic E-state index is 12.1. The molecule has 0 bridgehead atoms. The fourth-order valence-electron chi connectivity index (χ4n) is 1.61. The minimum atomic E-state index is 0.111. The largest absolute Gasteiger partial charge is 0.272 e. The molecule has 78 valence electrons. The summed E-state index contributed by atoms with van der Waals surface area (Å²) in [6, 6.07) is 7.85. The first-order chi connectivity index (χ1) is 7.24. The Bertz CT molecular complexity index is 511. The molecule has 3 heteroatoms. The lowest BCUT2D eigenvalue weighted by Crippen LogP contribution is -2.22. The van der Waals surface area contributed by atoms with Gasteiger partial charge in [0.2, 0.25) is 0 Å². The lowest BCUT2D eigenvalue weighted by Gasteiger charge is -2.08. The van der Waals surface area contributed by atoms with E-state index < -0.39 is 0 Å². The van der Waals surface area contributed by atoms with Gasteiger partial charge in [0.15, 0.2) is 0 Å². The third-order valence-electron chi connectivity index (χ3n) is 2.46. The first-order valence-electron chi connectivity index (χ1n) is 4.99. The lowest BCUT2D eigenvalue weighted by atomic mass is 10.2. The zero-order chi connectivity index (χ0) is 10.8. The topological polar surface area (TPSA) is 22.0 Å². The summed E-state index contributed by atoms with van der Waals surface area (Å²) in [4.78, 5) is 12.1. The molecule has 0 fully saturated rings. The molecule has 15 heavy (non-hydrogen) atoms. The van der Waals surface area contributed by atoms with Gasteiger partial charge in [-0.25, -0.2) is 0 Å². The van der Waals surface area contributed by atoms with Crippen molar-refractivity contribution in [2.24, 2.45) is 0 Å². The monoisotopic (exact) mass is 219 g/mol. The van der Waals surface area contributed by atoms with Gasteiger partial charge in [-0.3, -0.25) is 9.36 Å². The highest BCUT2D eigenvalue weighted by molar-refractivity contribution is 7.12. The molecule has 0 spiro atoms. The van der Waals surface area contributed by atoms with Crippen LogP contribution in [0.3, 0.4) is 0 Å². The van der Waals surface area contributed by atoms with Gasteiger partial charge in [-0.05, 0) is 36.9 Å². The predicted molar refractivity (Wildman–Crippen MR) is 64.0 cm³/mol. The number of rotatable bonds is 2. The second kappa shape index (κ2) is 4.03. The van der Waals surface area contributed by atoms with Crippen molar-refractivity contribution in [3.8, 4) is 5.00 Å². The Morgan fingerprint density at radius 1 is 1.33 bits per heavy atom. The molecule has 0 atom stereocenters. The van der Waals surface area contributed by atoms with E-state index in [1.54, 1.807) is 15.9 Å². The van der Waals surface area contributed by atoms with E-state index in [4.69, 9.17) is 0 Å². The van der Waals surface area contributed by atoms with Crippen LogP contribution in [0, 0.1) is 6.92 Å². The summed E-state index contributed by atoms with van der Waals surface area (Å²) in [5.41, 5.74) is 1.97. The molecule has 0 N–H and O–H groups in total. The van der Waals surface area contributed by atoms with Gasteiger partial charge in [0.25, 0.3) is 5.56 Å². The van der Waals surface area contributed by atoms with Gasteiger partial charge in [0, 0.05) is 11.3 Å². The predicted octanol–water partition coefficient (Wildman–Crippen LogP) is 2.77.